The lowest BCUT2D eigenvalue weighted by molar-refractivity contribution is 0.102. The van der Waals surface area contributed by atoms with Crippen molar-refractivity contribution in [2.45, 2.75) is 13.8 Å². The van der Waals surface area contributed by atoms with Gasteiger partial charge in [-0.25, -0.2) is 0 Å². The fraction of sp³-hybridized carbons (Fsp3) is 0.105. The van der Waals surface area contributed by atoms with Gasteiger partial charge in [0.1, 0.15) is 11.3 Å². The highest BCUT2D eigenvalue weighted by atomic mass is 16.3. The van der Waals surface area contributed by atoms with Crippen molar-refractivity contribution in [2.75, 3.05) is 5.32 Å². The summed E-state index contributed by atoms with van der Waals surface area (Å²) in [5.74, 6) is -1.15. The van der Waals surface area contributed by atoms with Crippen LogP contribution in [-0.2, 0) is 0 Å². The Balaban J connectivity index is 1.97. The van der Waals surface area contributed by atoms with E-state index in [4.69, 9.17) is 0 Å². The fourth-order valence-electron chi connectivity index (χ4n) is 2.49. The van der Waals surface area contributed by atoms with E-state index >= 15 is 0 Å². The van der Waals surface area contributed by atoms with Gasteiger partial charge in [0.25, 0.3) is 5.91 Å². The summed E-state index contributed by atoms with van der Waals surface area (Å²) in [6.07, 6.45) is 1.33. The number of nitrogens with one attached hydrogen (secondary N) is 1. The molecule has 122 valence electrons. The molecular weight excluding hydrogens is 304 g/mol. The van der Waals surface area contributed by atoms with Crippen LogP contribution in [0.25, 0.3) is 5.69 Å². The van der Waals surface area contributed by atoms with Gasteiger partial charge in [-0.15, -0.1) is 0 Å². The van der Waals surface area contributed by atoms with Crippen molar-refractivity contribution < 1.29 is 15.0 Å². The molecule has 3 aromatic rings. The summed E-state index contributed by atoms with van der Waals surface area (Å²) in [5, 5.41) is 23.2. The van der Waals surface area contributed by atoms with Gasteiger partial charge < -0.3 is 15.5 Å². The lowest BCUT2D eigenvalue weighted by atomic mass is 10.1. The molecule has 3 N–H and O–H groups in total. The molecular formula is C19H18N2O3. The molecule has 2 aromatic carbocycles. The van der Waals surface area contributed by atoms with E-state index in [0.29, 0.717) is 11.4 Å². The summed E-state index contributed by atoms with van der Waals surface area (Å²) >= 11 is 0. The van der Waals surface area contributed by atoms with Crippen molar-refractivity contribution in [1.82, 2.24) is 4.57 Å². The van der Waals surface area contributed by atoms with Crippen LogP contribution in [0.3, 0.4) is 0 Å². The number of nitrogens with zero attached hydrogens (tertiary/aromatic N) is 1. The highest BCUT2D eigenvalue weighted by molar-refractivity contribution is 6.08. The molecule has 3 rings (SSSR count). The normalized spacial score (nSPS) is 10.6. The van der Waals surface area contributed by atoms with E-state index in [0.717, 1.165) is 11.1 Å². The van der Waals surface area contributed by atoms with Gasteiger partial charge in [-0.3, -0.25) is 9.36 Å². The Hall–Kier alpha value is -3.21. The Kier molecular flexibility index (Phi) is 4.00. The molecule has 1 amide bonds. The molecule has 0 aliphatic rings. The summed E-state index contributed by atoms with van der Waals surface area (Å²) < 4.78 is 1.39. The second-order valence-electron chi connectivity index (χ2n) is 5.67. The minimum atomic E-state index is -0.571. The van der Waals surface area contributed by atoms with E-state index in [1.807, 2.05) is 38.1 Å². The molecule has 0 spiro atoms. The molecule has 5 nitrogen and oxygen atoms in total. The number of para-hydroxylation sites is 1. The van der Waals surface area contributed by atoms with Crippen LogP contribution in [0.1, 0.15) is 21.5 Å². The quantitative estimate of drug-likeness (QED) is 0.687. The Morgan fingerprint density at radius 3 is 2.38 bits per heavy atom. The first kappa shape index (κ1) is 15.7. The molecule has 0 saturated carbocycles. The van der Waals surface area contributed by atoms with Gasteiger partial charge in [-0.1, -0.05) is 24.3 Å². The zero-order valence-corrected chi connectivity index (χ0v) is 13.4. The number of hydrogen-bond donors (Lipinski definition) is 3. The number of anilines is 1. The highest BCUT2D eigenvalue weighted by Gasteiger charge is 2.22. The van der Waals surface area contributed by atoms with Gasteiger partial charge in [-0.05, 0) is 49.2 Å². The van der Waals surface area contributed by atoms with Crippen molar-refractivity contribution in [2.24, 2.45) is 0 Å². The Labute approximate surface area is 139 Å². The summed E-state index contributed by atoms with van der Waals surface area (Å²) in [6, 6.07) is 14.5. The van der Waals surface area contributed by atoms with Gasteiger partial charge >= 0.3 is 0 Å². The van der Waals surface area contributed by atoms with E-state index < -0.39 is 5.91 Å². The largest absolute Gasteiger partial charge is 0.505 e. The molecule has 0 aliphatic heterocycles. The molecule has 0 unspecified atom stereocenters. The maximum atomic E-state index is 12.4. The Morgan fingerprint density at radius 1 is 1.00 bits per heavy atom. The molecule has 0 bridgehead atoms. The highest BCUT2D eigenvalue weighted by Crippen LogP contribution is 2.33. The van der Waals surface area contributed by atoms with Crippen molar-refractivity contribution in [1.29, 1.82) is 0 Å². The molecule has 1 aromatic heterocycles. The second kappa shape index (κ2) is 6.12. The fourth-order valence-corrected chi connectivity index (χ4v) is 2.49. The van der Waals surface area contributed by atoms with Crippen LogP contribution in [-0.4, -0.2) is 20.7 Å². The van der Waals surface area contributed by atoms with Crippen molar-refractivity contribution >= 4 is 11.6 Å². The van der Waals surface area contributed by atoms with Crippen molar-refractivity contribution in [3.8, 4) is 17.3 Å². The van der Waals surface area contributed by atoms with E-state index in [1.54, 1.807) is 24.3 Å². The van der Waals surface area contributed by atoms with E-state index in [9.17, 15) is 15.0 Å². The number of aromatic hydroxyl groups is 2. The third kappa shape index (κ3) is 2.84. The Bertz CT molecular complexity index is 898. The number of aryl methyl sites for hydroxylation is 2. The molecule has 24 heavy (non-hydrogen) atoms. The zero-order chi connectivity index (χ0) is 17.3. The van der Waals surface area contributed by atoms with E-state index in [-0.39, 0.29) is 17.2 Å². The van der Waals surface area contributed by atoms with Gasteiger partial charge in [0.15, 0.2) is 0 Å². The second-order valence-corrected chi connectivity index (χ2v) is 5.67. The number of rotatable bonds is 3. The minimum absolute atomic E-state index is 0.155. The SMILES string of the molecule is Cc1ccc(-n2cc(O)c(C(=O)Nc3ccccc3)c2O)cc1C. The number of hydrogen-bond acceptors (Lipinski definition) is 3. The van der Waals surface area contributed by atoms with Gasteiger partial charge in [0.05, 0.1) is 6.20 Å². The smallest absolute Gasteiger partial charge is 0.264 e. The minimum Gasteiger partial charge on any atom is -0.505 e. The molecule has 5 heteroatoms. The molecule has 0 fully saturated rings. The molecule has 0 radical (unpaired) electrons. The van der Waals surface area contributed by atoms with Gasteiger partial charge in [0.2, 0.25) is 5.88 Å². The van der Waals surface area contributed by atoms with Crippen molar-refractivity contribution in [3.63, 3.8) is 0 Å². The van der Waals surface area contributed by atoms with Crippen molar-refractivity contribution in [3.05, 3.63) is 71.4 Å². The van der Waals surface area contributed by atoms with Crippen LogP contribution in [0.2, 0.25) is 0 Å². The average Bonchev–Trinajstić information content (AvgIpc) is 2.86. The maximum Gasteiger partial charge on any atom is 0.264 e. The van der Waals surface area contributed by atoms with Crippen LogP contribution in [0, 0.1) is 13.8 Å². The first-order valence-corrected chi connectivity index (χ1v) is 7.54. The lowest BCUT2D eigenvalue weighted by Gasteiger charge is -2.08. The zero-order valence-electron chi connectivity index (χ0n) is 13.4. The predicted octanol–water partition coefficient (Wildman–Crippen LogP) is 3.76. The molecule has 0 aliphatic carbocycles. The number of aromatic nitrogens is 1. The third-order valence-electron chi connectivity index (χ3n) is 3.99. The first-order valence-electron chi connectivity index (χ1n) is 7.54. The maximum absolute atomic E-state index is 12.4. The van der Waals surface area contributed by atoms with Crippen LogP contribution >= 0.6 is 0 Å². The van der Waals surface area contributed by atoms with Crippen LogP contribution in [0.4, 0.5) is 5.69 Å². The third-order valence-corrected chi connectivity index (χ3v) is 3.99. The number of carbonyl (C=O) groups is 1. The van der Waals surface area contributed by atoms with Crippen LogP contribution in [0.5, 0.6) is 11.6 Å². The summed E-state index contributed by atoms with van der Waals surface area (Å²) in [4.78, 5) is 12.4. The predicted molar refractivity (Wildman–Crippen MR) is 93.0 cm³/mol. The summed E-state index contributed by atoms with van der Waals surface area (Å²) in [6.45, 7) is 3.95. The molecule has 1 heterocycles. The molecule has 0 atom stereocenters. The van der Waals surface area contributed by atoms with Crippen LogP contribution in [0.15, 0.2) is 54.7 Å². The average molecular weight is 322 g/mol. The standard InChI is InChI=1S/C19H18N2O3/c1-12-8-9-15(10-13(12)2)21-11-16(22)17(19(21)24)18(23)20-14-6-4-3-5-7-14/h3-11,22,24H,1-2H3,(H,20,23). The Morgan fingerprint density at radius 2 is 1.71 bits per heavy atom. The number of carbonyl (C=O) groups excluding carboxylic acids is 1. The van der Waals surface area contributed by atoms with E-state index in [1.165, 1.54) is 10.8 Å². The number of amides is 1. The lowest BCUT2D eigenvalue weighted by Crippen LogP contribution is -2.11. The first-order chi connectivity index (χ1) is 11.5. The number of benzene rings is 2. The monoisotopic (exact) mass is 322 g/mol. The van der Waals surface area contributed by atoms with E-state index in [2.05, 4.69) is 5.32 Å². The van der Waals surface area contributed by atoms with Gasteiger partial charge in [-0.2, -0.15) is 0 Å². The summed E-state index contributed by atoms with van der Waals surface area (Å²) in [7, 11) is 0. The van der Waals surface area contributed by atoms with Crippen LogP contribution < -0.4 is 5.32 Å². The van der Waals surface area contributed by atoms with Gasteiger partial charge in [0, 0.05) is 11.4 Å². The topological polar surface area (TPSA) is 74.5 Å². The molecule has 0 saturated heterocycles. The summed E-state index contributed by atoms with van der Waals surface area (Å²) in [5.41, 5.74) is 3.27.